The fourth-order valence-corrected chi connectivity index (χ4v) is 4.78. The molecule has 0 fully saturated rings. The van der Waals surface area contributed by atoms with Crippen LogP contribution in [-0.2, 0) is 16.4 Å². The molecule has 0 saturated heterocycles. The molecule has 5 nitrogen and oxygen atoms in total. The highest BCUT2D eigenvalue weighted by atomic mass is 32.2. The van der Waals surface area contributed by atoms with Gasteiger partial charge in [-0.2, -0.15) is 5.10 Å². The second kappa shape index (κ2) is 6.33. The SMILES string of the molecule is CCCS(=O)(=O)N[C@@H]1CC(C)(C)Cc2c1cnn2-c1ccccc1. The lowest BCUT2D eigenvalue weighted by molar-refractivity contribution is 0.268. The monoisotopic (exact) mass is 347 g/mol. The van der Waals surface area contributed by atoms with Crippen molar-refractivity contribution in [1.82, 2.24) is 14.5 Å². The van der Waals surface area contributed by atoms with E-state index in [1.807, 2.05) is 48.1 Å². The smallest absolute Gasteiger partial charge is 0.212 e. The van der Waals surface area contributed by atoms with Crippen LogP contribution in [0.2, 0.25) is 0 Å². The Morgan fingerprint density at radius 3 is 2.67 bits per heavy atom. The molecular weight excluding hydrogens is 322 g/mol. The number of para-hydroxylation sites is 1. The fraction of sp³-hybridized carbons (Fsp3) is 0.500. The van der Waals surface area contributed by atoms with Crippen molar-refractivity contribution in [2.24, 2.45) is 5.41 Å². The van der Waals surface area contributed by atoms with Crippen LogP contribution < -0.4 is 4.72 Å². The maximum atomic E-state index is 12.3. The Labute approximate surface area is 144 Å². The van der Waals surface area contributed by atoms with Crippen LogP contribution in [0.1, 0.15) is 50.9 Å². The molecule has 130 valence electrons. The molecule has 1 aliphatic carbocycles. The number of hydrogen-bond acceptors (Lipinski definition) is 3. The first-order chi connectivity index (χ1) is 11.3. The zero-order valence-corrected chi connectivity index (χ0v) is 15.3. The van der Waals surface area contributed by atoms with E-state index in [0.29, 0.717) is 6.42 Å². The van der Waals surface area contributed by atoms with Gasteiger partial charge >= 0.3 is 0 Å². The van der Waals surface area contributed by atoms with Crippen molar-refractivity contribution < 1.29 is 8.42 Å². The van der Waals surface area contributed by atoms with E-state index in [1.165, 1.54) is 0 Å². The molecule has 0 radical (unpaired) electrons. The molecule has 0 saturated carbocycles. The highest BCUT2D eigenvalue weighted by Crippen LogP contribution is 2.41. The Balaban J connectivity index is 2.00. The van der Waals surface area contributed by atoms with Crippen LogP contribution in [0, 0.1) is 5.41 Å². The third-order valence-electron chi connectivity index (χ3n) is 4.47. The van der Waals surface area contributed by atoms with Crippen LogP contribution in [0.5, 0.6) is 0 Å². The van der Waals surface area contributed by atoms with E-state index in [0.717, 1.165) is 29.8 Å². The number of aromatic nitrogens is 2. The van der Waals surface area contributed by atoms with Gasteiger partial charge in [0, 0.05) is 11.3 Å². The Kier molecular flexibility index (Phi) is 4.53. The molecule has 1 aromatic carbocycles. The van der Waals surface area contributed by atoms with Crippen molar-refractivity contribution in [2.45, 2.75) is 46.1 Å². The molecule has 0 spiro atoms. The quantitative estimate of drug-likeness (QED) is 0.903. The van der Waals surface area contributed by atoms with E-state index < -0.39 is 10.0 Å². The van der Waals surface area contributed by atoms with Crippen LogP contribution in [0.4, 0.5) is 0 Å². The van der Waals surface area contributed by atoms with Crippen LogP contribution in [0.3, 0.4) is 0 Å². The van der Waals surface area contributed by atoms with Crippen molar-refractivity contribution >= 4 is 10.0 Å². The van der Waals surface area contributed by atoms with Gasteiger partial charge in [-0.25, -0.2) is 17.8 Å². The summed E-state index contributed by atoms with van der Waals surface area (Å²) in [6, 6.07) is 9.77. The molecule has 1 N–H and O–H groups in total. The van der Waals surface area contributed by atoms with Gasteiger partial charge in [0.1, 0.15) is 0 Å². The van der Waals surface area contributed by atoms with Crippen LogP contribution in [0.15, 0.2) is 36.5 Å². The molecule has 1 heterocycles. The Morgan fingerprint density at radius 2 is 2.00 bits per heavy atom. The van der Waals surface area contributed by atoms with E-state index in [1.54, 1.807) is 0 Å². The first-order valence-electron chi connectivity index (χ1n) is 8.43. The second-order valence-corrected chi connectivity index (χ2v) is 9.20. The van der Waals surface area contributed by atoms with Crippen LogP contribution in [0.25, 0.3) is 5.69 Å². The maximum Gasteiger partial charge on any atom is 0.212 e. The predicted octanol–water partition coefficient (Wildman–Crippen LogP) is 3.22. The van der Waals surface area contributed by atoms with Crippen molar-refractivity contribution in [3.8, 4) is 5.69 Å². The molecule has 0 unspecified atom stereocenters. The molecule has 0 aliphatic heterocycles. The average molecular weight is 347 g/mol. The van der Waals surface area contributed by atoms with Crippen LogP contribution in [-0.4, -0.2) is 24.0 Å². The zero-order valence-electron chi connectivity index (χ0n) is 14.5. The summed E-state index contributed by atoms with van der Waals surface area (Å²) in [5, 5.41) is 4.54. The normalized spacial score (nSPS) is 19.9. The van der Waals surface area contributed by atoms with Gasteiger partial charge in [-0.05, 0) is 36.8 Å². The summed E-state index contributed by atoms with van der Waals surface area (Å²) >= 11 is 0. The summed E-state index contributed by atoms with van der Waals surface area (Å²) in [6.45, 7) is 6.24. The van der Waals surface area contributed by atoms with E-state index >= 15 is 0 Å². The Bertz CT molecular complexity index is 810. The van der Waals surface area contributed by atoms with Gasteiger partial charge in [0.15, 0.2) is 0 Å². The summed E-state index contributed by atoms with van der Waals surface area (Å²) in [5.41, 5.74) is 3.12. The molecule has 6 heteroatoms. The van der Waals surface area contributed by atoms with E-state index in [9.17, 15) is 8.42 Å². The number of rotatable bonds is 5. The molecule has 0 bridgehead atoms. The van der Waals surface area contributed by atoms with Gasteiger partial charge in [-0.15, -0.1) is 0 Å². The Morgan fingerprint density at radius 1 is 1.29 bits per heavy atom. The first-order valence-corrected chi connectivity index (χ1v) is 10.1. The summed E-state index contributed by atoms with van der Waals surface area (Å²) in [4.78, 5) is 0. The maximum absolute atomic E-state index is 12.3. The standard InChI is InChI=1S/C18H25N3O2S/c1-4-10-24(22,23)20-16-11-18(2,3)12-17-15(16)13-19-21(17)14-8-6-5-7-9-14/h5-9,13,16,20H,4,10-12H2,1-3H3/t16-/m1/s1. The summed E-state index contributed by atoms with van der Waals surface area (Å²) in [7, 11) is -3.27. The molecule has 1 aromatic heterocycles. The van der Waals surface area contributed by atoms with E-state index in [4.69, 9.17) is 0 Å². The molecule has 24 heavy (non-hydrogen) atoms. The number of hydrogen-bond donors (Lipinski definition) is 1. The summed E-state index contributed by atoms with van der Waals surface area (Å²) in [5.74, 6) is 0.159. The summed E-state index contributed by atoms with van der Waals surface area (Å²) < 4.78 is 29.3. The van der Waals surface area contributed by atoms with Gasteiger partial charge in [0.2, 0.25) is 10.0 Å². The topological polar surface area (TPSA) is 64.0 Å². The molecule has 0 amide bonds. The first kappa shape index (κ1) is 17.2. The highest BCUT2D eigenvalue weighted by Gasteiger charge is 2.36. The summed E-state index contributed by atoms with van der Waals surface area (Å²) in [6.07, 6.45) is 4.09. The largest absolute Gasteiger partial charge is 0.237 e. The van der Waals surface area contributed by atoms with Crippen molar-refractivity contribution in [1.29, 1.82) is 0 Å². The van der Waals surface area contributed by atoms with Crippen molar-refractivity contribution in [3.05, 3.63) is 47.8 Å². The minimum absolute atomic E-state index is 0.0129. The number of nitrogens with zero attached hydrogens (tertiary/aromatic N) is 2. The number of sulfonamides is 1. The number of benzene rings is 1. The van der Waals surface area contributed by atoms with Gasteiger partial charge in [-0.3, -0.25) is 0 Å². The van der Waals surface area contributed by atoms with Gasteiger partial charge in [-0.1, -0.05) is 39.0 Å². The molecule has 1 aliphatic rings. The molecular formula is C18H25N3O2S. The third-order valence-corrected chi connectivity index (χ3v) is 6.06. The van der Waals surface area contributed by atoms with Crippen molar-refractivity contribution in [2.75, 3.05) is 5.75 Å². The predicted molar refractivity (Wildman–Crippen MR) is 95.6 cm³/mol. The Hall–Kier alpha value is -1.66. The lowest BCUT2D eigenvalue weighted by atomic mass is 9.74. The number of nitrogens with one attached hydrogen (secondary N) is 1. The van der Waals surface area contributed by atoms with E-state index in [-0.39, 0.29) is 17.2 Å². The lowest BCUT2D eigenvalue weighted by Gasteiger charge is -2.35. The van der Waals surface area contributed by atoms with Crippen molar-refractivity contribution in [3.63, 3.8) is 0 Å². The van der Waals surface area contributed by atoms with E-state index in [2.05, 4.69) is 23.7 Å². The zero-order chi connectivity index (χ0) is 17.4. The lowest BCUT2D eigenvalue weighted by Crippen LogP contribution is -2.37. The third kappa shape index (κ3) is 3.54. The van der Waals surface area contributed by atoms with Gasteiger partial charge in [0.25, 0.3) is 0 Å². The molecule has 3 rings (SSSR count). The van der Waals surface area contributed by atoms with Gasteiger partial charge in [0.05, 0.1) is 23.7 Å². The molecule has 1 atom stereocenters. The van der Waals surface area contributed by atoms with Crippen LogP contribution >= 0.6 is 0 Å². The second-order valence-electron chi connectivity index (χ2n) is 7.33. The fourth-order valence-electron chi connectivity index (χ4n) is 3.48. The number of fused-ring (bicyclic) bond motifs is 1. The minimum atomic E-state index is -3.27. The van der Waals surface area contributed by atoms with Gasteiger partial charge < -0.3 is 0 Å². The highest BCUT2D eigenvalue weighted by molar-refractivity contribution is 7.89. The molecule has 2 aromatic rings. The average Bonchev–Trinajstić information content (AvgIpc) is 2.90. The minimum Gasteiger partial charge on any atom is -0.237 e.